The molecule has 2 aliphatic heterocycles. The third-order valence-electron chi connectivity index (χ3n) is 3.60. The third kappa shape index (κ3) is 7.55. The van der Waals surface area contributed by atoms with E-state index in [4.69, 9.17) is 0 Å². The third-order valence-corrected chi connectivity index (χ3v) is 3.60. The van der Waals surface area contributed by atoms with Crippen molar-refractivity contribution in [3.05, 3.63) is 35.4 Å². The summed E-state index contributed by atoms with van der Waals surface area (Å²) in [4.78, 5) is 0. The van der Waals surface area contributed by atoms with Gasteiger partial charge in [-0.1, -0.05) is 24.3 Å². The van der Waals surface area contributed by atoms with E-state index in [9.17, 15) is 0 Å². The summed E-state index contributed by atoms with van der Waals surface area (Å²) in [5.41, 5.74) is 2.69. The molecule has 21 heavy (non-hydrogen) atoms. The molecule has 2 bridgehead atoms. The van der Waals surface area contributed by atoms with Crippen LogP contribution in [0, 0.1) is 0 Å². The van der Waals surface area contributed by atoms with Crippen molar-refractivity contribution in [3.8, 4) is 0 Å². The Kier molecular flexibility index (Phi) is 8.36. The molecule has 0 atom stereocenters. The highest BCUT2D eigenvalue weighted by atomic mass is 15.0. The molecule has 0 unspecified atom stereocenters. The first-order valence-electron chi connectivity index (χ1n) is 8.06. The molecule has 5 heteroatoms. The van der Waals surface area contributed by atoms with Crippen LogP contribution in [0.25, 0.3) is 0 Å². The number of rotatable bonds is 0. The molecular weight excluding hydrogens is 262 g/mol. The fourth-order valence-electron chi connectivity index (χ4n) is 2.32. The Balaban J connectivity index is 1.75. The second kappa shape index (κ2) is 10.7. The molecule has 0 spiro atoms. The lowest BCUT2D eigenvalue weighted by Crippen LogP contribution is -2.36. The lowest BCUT2D eigenvalue weighted by atomic mass is 10.1. The lowest BCUT2D eigenvalue weighted by Gasteiger charge is -2.08. The summed E-state index contributed by atoms with van der Waals surface area (Å²) in [6, 6.07) is 8.86. The van der Waals surface area contributed by atoms with Gasteiger partial charge in [-0.3, -0.25) is 0 Å². The maximum atomic E-state index is 3.47. The van der Waals surface area contributed by atoms with Crippen LogP contribution in [0.3, 0.4) is 0 Å². The highest BCUT2D eigenvalue weighted by Crippen LogP contribution is 2.03. The Morgan fingerprint density at radius 2 is 0.714 bits per heavy atom. The van der Waals surface area contributed by atoms with Gasteiger partial charge in [-0.25, -0.2) is 0 Å². The Morgan fingerprint density at radius 1 is 0.429 bits per heavy atom. The van der Waals surface area contributed by atoms with Gasteiger partial charge in [0, 0.05) is 65.4 Å². The molecule has 0 saturated heterocycles. The van der Waals surface area contributed by atoms with E-state index in [0.717, 1.165) is 65.4 Å². The van der Waals surface area contributed by atoms with Crippen LogP contribution in [0.2, 0.25) is 0 Å². The van der Waals surface area contributed by atoms with Crippen molar-refractivity contribution < 1.29 is 0 Å². The van der Waals surface area contributed by atoms with Gasteiger partial charge in [-0.15, -0.1) is 0 Å². The summed E-state index contributed by atoms with van der Waals surface area (Å²) in [6.07, 6.45) is 0. The first-order chi connectivity index (χ1) is 10.4. The van der Waals surface area contributed by atoms with Gasteiger partial charge in [0.1, 0.15) is 0 Å². The number of fused-ring (bicyclic) bond motifs is 16. The molecule has 0 aromatic heterocycles. The van der Waals surface area contributed by atoms with Crippen molar-refractivity contribution in [3.63, 3.8) is 0 Å². The highest BCUT2D eigenvalue weighted by Gasteiger charge is 1.96. The molecule has 5 nitrogen and oxygen atoms in total. The summed E-state index contributed by atoms with van der Waals surface area (Å²) in [5.74, 6) is 0. The van der Waals surface area contributed by atoms with Crippen molar-refractivity contribution >= 4 is 0 Å². The number of hydrogen-bond donors (Lipinski definition) is 5. The molecule has 1 aromatic carbocycles. The predicted molar refractivity (Wildman–Crippen MR) is 88.5 cm³/mol. The molecule has 0 fully saturated rings. The molecule has 118 valence electrons. The van der Waals surface area contributed by atoms with Crippen molar-refractivity contribution in [2.75, 3.05) is 52.4 Å². The van der Waals surface area contributed by atoms with Crippen LogP contribution in [0.4, 0.5) is 0 Å². The van der Waals surface area contributed by atoms with Crippen LogP contribution in [-0.2, 0) is 13.1 Å². The van der Waals surface area contributed by atoms with Gasteiger partial charge < -0.3 is 26.6 Å². The molecule has 1 aromatic rings. The van der Waals surface area contributed by atoms with E-state index in [-0.39, 0.29) is 0 Å². The zero-order valence-corrected chi connectivity index (χ0v) is 12.9. The van der Waals surface area contributed by atoms with E-state index in [1.807, 2.05) is 0 Å². The minimum atomic E-state index is 0.942. The first kappa shape index (κ1) is 16.4. The molecule has 3 rings (SSSR count). The maximum Gasteiger partial charge on any atom is 0.0206 e. The van der Waals surface area contributed by atoms with E-state index in [2.05, 4.69) is 50.8 Å². The average molecular weight is 291 g/mol. The summed E-state index contributed by atoms with van der Waals surface area (Å²) in [6.45, 7) is 10.0. The van der Waals surface area contributed by atoms with Crippen LogP contribution in [0.1, 0.15) is 11.1 Å². The van der Waals surface area contributed by atoms with Crippen molar-refractivity contribution in [1.29, 1.82) is 0 Å². The van der Waals surface area contributed by atoms with Crippen molar-refractivity contribution in [2.24, 2.45) is 0 Å². The Labute approximate surface area is 128 Å². The smallest absolute Gasteiger partial charge is 0.0206 e. The van der Waals surface area contributed by atoms with Gasteiger partial charge in [0.15, 0.2) is 0 Å². The molecule has 0 aliphatic carbocycles. The fraction of sp³-hybridized carbons (Fsp3) is 0.625. The lowest BCUT2D eigenvalue weighted by molar-refractivity contribution is 0.558. The van der Waals surface area contributed by atoms with Gasteiger partial charge in [0.2, 0.25) is 0 Å². The summed E-state index contributed by atoms with van der Waals surface area (Å²) >= 11 is 0. The van der Waals surface area contributed by atoms with Crippen LogP contribution >= 0.6 is 0 Å². The monoisotopic (exact) mass is 291 g/mol. The number of nitrogens with one attached hydrogen (secondary N) is 5. The predicted octanol–water partition coefficient (Wildman–Crippen LogP) is -0.352. The molecule has 0 saturated carbocycles. The van der Waals surface area contributed by atoms with Crippen molar-refractivity contribution in [2.45, 2.75) is 13.1 Å². The second-order valence-electron chi connectivity index (χ2n) is 5.42. The molecular formula is C16H29N5. The molecule has 0 radical (unpaired) electrons. The second-order valence-corrected chi connectivity index (χ2v) is 5.42. The number of hydrogen-bond acceptors (Lipinski definition) is 5. The topological polar surface area (TPSA) is 60.1 Å². The minimum Gasteiger partial charge on any atom is -0.314 e. The highest BCUT2D eigenvalue weighted by molar-refractivity contribution is 5.22. The quantitative estimate of drug-likeness (QED) is 0.423. The average Bonchev–Trinajstić information content (AvgIpc) is 2.52. The minimum absolute atomic E-state index is 0.942. The Bertz CT molecular complexity index is 330. The van der Waals surface area contributed by atoms with Gasteiger partial charge in [0.25, 0.3) is 0 Å². The van der Waals surface area contributed by atoms with Crippen LogP contribution in [-0.4, -0.2) is 52.4 Å². The largest absolute Gasteiger partial charge is 0.314 e. The zero-order chi connectivity index (χ0) is 14.6. The SMILES string of the molecule is c1cc2ccc1CNCCNCCNCCNCCNC2. The van der Waals surface area contributed by atoms with E-state index >= 15 is 0 Å². The summed E-state index contributed by atoms with van der Waals surface area (Å²) < 4.78 is 0. The standard InChI is InChI=1S/C16H29N5/c1-2-16-4-3-15(1)13-20-11-9-18-7-5-17-6-8-19-10-12-21-14-16/h1-4,17-21H,5-14H2. The van der Waals surface area contributed by atoms with E-state index in [1.54, 1.807) is 0 Å². The molecule has 5 N–H and O–H groups in total. The van der Waals surface area contributed by atoms with Gasteiger partial charge in [-0.05, 0) is 11.1 Å². The number of benzene rings is 1. The summed E-state index contributed by atoms with van der Waals surface area (Å²) in [7, 11) is 0. The molecule has 0 amide bonds. The van der Waals surface area contributed by atoms with Gasteiger partial charge >= 0.3 is 0 Å². The fourth-order valence-corrected chi connectivity index (χ4v) is 2.32. The van der Waals surface area contributed by atoms with E-state index in [0.29, 0.717) is 0 Å². The van der Waals surface area contributed by atoms with Crippen LogP contribution in [0.15, 0.2) is 24.3 Å². The van der Waals surface area contributed by atoms with Crippen molar-refractivity contribution in [1.82, 2.24) is 26.6 Å². The van der Waals surface area contributed by atoms with Crippen LogP contribution in [0.5, 0.6) is 0 Å². The van der Waals surface area contributed by atoms with E-state index in [1.165, 1.54) is 11.1 Å². The first-order valence-corrected chi connectivity index (χ1v) is 8.06. The van der Waals surface area contributed by atoms with Gasteiger partial charge in [-0.2, -0.15) is 0 Å². The van der Waals surface area contributed by atoms with Crippen LogP contribution < -0.4 is 26.6 Å². The summed E-state index contributed by atoms with van der Waals surface area (Å²) in [5, 5.41) is 17.2. The Hall–Kier alpha value is -0.980. The maximum absolute atomic E-state index is 3.47. The van der Waals surface area contributed by atoms with E-state index < -0.39 is 0 Å². The Morgan fingerprint density at radius 3 is 1.05 bits per heavy atom. The molecule has 2 heterocycles. The normalized spacial score (nSPS) is 20.4. The zero-order valence-electron chi connectivity index (χ0n) is 12.9. The van der Waals surface area contributed by atoms with Gasteiger partial charge in [0.05, 0.1) is 0 Å². The molecule has 2 aliphatic rings.